The molecule has 0 N–H and O–H groups in total. The van der Waals surface area contributed by atoms with Crippen molar-refractivity contribution in [1.82, 2.24) is 0 Å². The van der Waals surface area contributed by atoms with E-state index in [4.69, 9.17) is 20.0 Å². The Hall–Kier alpha value is -4.58. The number of hydrogen-bond donors (Lipinski definition) is 0. The molecule has 0 fully saturated rings. The fourth-order valence-corrected chi connectivity index (χ4v) is 2.71. The van der Waals surface area contributed by atoms with Gasteiger partial charge < -0.3 is 9.47 Å². The summed E-state index contributed by atoms with van der Waals surface area (Å²) in [6.07, 6.45) is -4.19. The molecule has 1 aliphatic carbocycles. The number of alkyl halides is 6. The molecule has 0 spiro atoms. The minimum Gasteiger partial charge on any atom is -0.455 e. The van der Waals surface area contributed by atoms with Crippen molar-refractivity contribution in [3.63, 3.8) is 0 Å². The number of rotatable bonds is 4. The third kappa shape index (κ3) is 5.81. The second kappa shape index (κ2) is 9.50. The van der Waals surface area contributed by atoms with Crippen LogP contribution >= 0.6 is 0 Å². The Morgan fingerprint density at radius 1 is 0.647 bits per heavy atom. The van der Waals surface area contributed by atoms with Gasteiger partial charge in [-0.1, -0.05) is 12.1 Å². The molecule has 0 bridgehead atoms. The molecule has 3 rings (SSSR count). The summed E-state index contributed by atoms with van der Waals surface area (Å²) in [5.74, 6) is -0.991. The van der Waals surface area contributed by atoms with Crippen LogP contribution in [-0.2, 0) is 12.4 Å². The molecule has 0 aromatic heterocycles. The first kappa shape index (κ1) is 24.1. The van der Waals surface area contributed by atoms with E-state index in [9.17, 15) is 26.3 Å². The fraction of sp³-hybridized carbons (Fsp3) is 0.0909. The van der Waals surface area contributed by atoms with Crippen molar-refractivity contribution >= 4 is 11.4 Å². The molecule has 2 aromatic rings. The zero-order valence-corrected chi connectivity index (χ0v) is 16.6. The maximum atomic E-state index is 13.0. The average Bonchev–Trinajstić information content (AvgIpc) is 2.76. The van der Waals surface area contributed by atoms with Crippen molar-refractivity contribution in [1.29, 1.82) is 10.5 Å². The molecule has 12 heteroatoms. The summed E-state index contributed by atoms with van der Waals surface area (Å²) >= 11 is 0. The Labute approximate surface area is 188 Å². The largest absolute Gasteiger partial charge is 0.455 e. The average molecular weight is 476 g/mol. The highest BCUT2D eigenvalue weighted by atomic mass is 19.4. The van der Waals surface area contributed by atoms with Crippen LogP contribution in [0.3, 0.4) is 0 Å². The van der Waals surface area contributed by atoms with Gasteiger partial charge in [0.25, 0.3) is 0 Å². The van der Waals surface area contributed by atoms with Gasteiger partial charge in [0.1, 0.15) is 22.9 Å². The number of allylic oxidation sites excluding steroid dienone is 2. The summed E-state index contributed by atoms with van der Waals surface area (Å²) in [7, 11) is 0. The highest BCUT2D eigenvalue weighted by Gasteiger charge is 2.32. The molecular weight excluding hydrogens is 466 g/mol. The highest BCUT2D eigenvalue weighted by Crippen LogP contribution is 2.33. The normalized spacial score (nSPS) is 16.4. The van der Waals surface area contributed by atoms with Gasteiger partial charge in [0.2, 0.25) is 12.4 Å². The van der Waals surface area contributed by atoms with Crippen molar-refractivity contribution in [3.05, 3.63) is 83.3 Å². The Bertz CT molecular complexity index is 1210. The monoisotopic (exact) mass is 476 g/mol. The predicted octanol–water partition coefficient (Wildman–Crippen LogP) is 5.81. The Kier molecular flexibility index (Phi) is 6.73. The van der Waals surface area contributed by atoms with Crippen molar-refractivity contribution in [3.8, 4) is 23.9 Å². The number of halogens is 6. The molecule has 6 nitrogen and oxygen atoms in total. The van der Waals surface area contributed by atoms with Crippen LogP contribution in [0.1, 0.15) is 11.1 Å². The number of benzene rings is 2. The summed E-state index contributed by atoms with van der Waals surface area (Å²) in [6, 6.07) is 7.73. The smallest absolute Gasteiger partial charge is 0.416 e. The quantitative estimate of drug-likeness (QED) is 0.317. The standard InChI is InChI=1S/C22H10F6N4O2/c23-21(24,25)13-3-1-5-15(7-13)33-19-9-18(32-12-30)20(10-17(19)31-11-29)34-16-6-2-4-14(8-16)22(26,27)28/h1-10H/b31-17+,32-18+. The van der Waals surface area contributed by atoms with Crippen LogP contribution in [0.5, 0.6) is 11.5 Å². The molecule has 0 heterocycles. The number of nitriles is 2. The molecule has 2 aromatic carbocycles. The van der Waals surface area contributed by atoms with E-state index in [2.05, 4.69) is 9.98 Å². The molecule has 0 radical (unpaired) electrons. The zero-order chi connectivity index (χ0) is 24.9. The zero-order valence-electron chi connectivity index (χ0n) is 16.6. The van der Waals surface area contributed by atoms with Gasteiger partial charge in [-0.2, -0.15) is 46.9 Å². The Morgan fingerprint density at radius 2 is 1.03 bits per heavy atom. The summed E-state index contributed by atoms with van der Waals surface area (Å²) in [5, 5.41) is 18.0. The summed E-state index contributed by atoms with van der Waals surface area (Å²) in [6.45, 7) is 0. The van der Waals surface area contributed by atoms with Crippen LogP contribution in [-0.4, -0.2) is 11.4 Å². The fourth-order valence-electron chi connectivity index (χ4n) is 2.71. The molecule has 0 amide bonds. The number of aliphatic imine (C=N–C) groups is 2. The highest BCUT2D eigenvalue weighted by molar-refractivity contribution is 6.22. The Morgan fingerprint density at radius 3 is 1.35 bits per heavy atom. The van der Waals surface area contributed by atoms with E-state index >= 15 is 0 Å². The molecule has 0 saturated heterocycles. The maximum Gasteiger partial charge on any atom is 0.416 e. The Balaban J connectivity index is 1.97. The van der Waals surface area contributed by atoms with E-state index in [1.807, 2.05) is 0 Å². The van der Waals surface area contributed by atoms with Crippen molar-refractivity contribution in [2.24, 2.45) is 9.98 Å². The SMILES string of the molecule is N#C/N=C1C=C(Oc2cccc(C(F)(F)F)c2)/C(=N/C#N)C=C\1Oc1cccc(C(F)(F)F)c1. The van der Waals surface area contributed by atoms with Crippen LogP contribution < -0.4 is 9.47 Å². The van der Waals surface area contributed by atoms with Gasteiger partial charge in [0.05, 0.1) is 11.1 Å². The summed E-state index contributed by atoms with van der Waals surface area (Å²) in [5.41, 5.74) is -2.43. The number of ether oxygens (including phenoxy) is 2. The molecule has 172 valence electrons. The number of hydrogen-bond acceptors (Lipinski definition) is 6. The van der Waals surface area contributed by atoms with Crippen LogP contribution in [0, 0.1) is 22.9 Å². The minimum absolute atomic E-state index is 0.223. The van der Waals surface area contributed by atoms with Crippen LogP contribution in [0.25, 0.3) is 0 Å². The van der Waals surface area contributed by atoms with Gasteiger partial charge in [0.15, 0.2) is 11.5 Å². The first-order chi connectivity index (χ1) is 16.0. The van der Waals surface area contributed by atoms with E-state index in [1.165, 1.54) is 24.5 Å². The lowest BCUT2D eigenvalue weighted by molar-refractivity contribution is -0.138. The van der Waals surface area contributed by atoms with E-state index in [0.717, 1.165) is 36.4 Å². The molecule has 0 aliphatic heterocycles. The molecule has 0 saturated carbocycles. The van der Waals surface area contributed by atoms with Crippen LogP contribution in [0.15, 0.2) is 82.2 Å². The third-order valence-electron chi connectivity index (χ3n) is 4.16. The topological polar surface area (TPSA) is 90.8 Å². The van der Waals surface area contributed by atoms with E-state index in [0.29, 0.717) is 12.1 Å². The second-order valence-corrected chi connectivity index (χ2v) is 6.47. The lowest BCUT2D eigenvalue weighted by atomic mass is 10.1. The number of nitrogens with zero attached hydrogens (tertiary/aromatic N) is 4. The van der Waals surface area contributed by atoms with Crippen molar-refractivity contribution in [2.75, 3.05) is 0 Å². The summed E-state index contributed by atoms with van der Waals surface area (Å²) in [4.78, 5) is 7.02. The van der Waals surface area contributed by atoms with E-state index in [-0.39, 0.29) is 34.4 Å². The molecule has 1 aliphatic rings. The van der Waals surface area contributed by atoms with Gasteiger partial charge in [-0.05, 0) is 36.4 Å². The van der Waals surface area contributed by atoms with Crippen LogP contribution in [0.4, 0.5) is 26.3 Å². The van der Waals surface area contributed by atoms with Crippen LogP contribution in [0.2, 0.25) is 0 Å². The molecule has 0 atom stereocenters. The first-order valence-corrected chi connectivity index (χ1v) is 9.09. The van der Waals surface area contributed by atoms with Crippen molar-refractivity contribution < 1.29 is 35.8 Å². The summed E-state index contributed by atoms with van der Waals surface area (Å²) < 4.78 is 88.7. The van der Waals surface area contributed by atoms with Gasteiger partial charge in [-0.3, -0.25) is 0 Å². The van der Waals surface area contributed by atoms with E-state index < -0.39 is 23.5 Å². The molecule has 0 unspecified atom stereocenters. The first-order valence-electron chi connectivity index (χ1n) is 9.09. The van der Waals surface area contributed by atoms with Crippen molar-refractivity contribution in [2.45, 2.75) is 12.4 Å². The lowest BCUT2D eigenvalue weighted by Gasteiger charge is -2.18. The predicted molar refractivity (Wildman–Crippen MR) is 106 cm³/mol. The van der Waals surface area contributed by atoms with Gasteiger partial charge in [-0.15, -0.1) is 0 Å². The lowest BCUT2D eigenvalue weighted by Crippen LogP contribution is -2.20. The minimum atomic E-state index is -4.64. The van der Waals surface area contributed by atoms with Gasteiger partial charge in [0, 0.05) is 12.2 Å². The van der Waals surface area contributed by atoms with E-state index in [1.54, 1.807) is 0 Å². The maximum absolute atomic E-state index is 13.0. The third-order valence-corrected chi connectivity index (χ3v) is 4.16. The second-order valence-electron chi connectivity index (χ2n) is 6.47. The molecule has 34 heavy (non-hydrogen) atoms. The molecular formula is C22H10F6N4O2. The van der Waals surface area contributed by atoms with Gasteiger partial charge >= 0.3 is 12.4 Å². The van der Waals surface area contributed by atoms with Gasteiger partial charge in [-0.25, -0.2) is 0 Å².